The number of hydrogen-bond acceptors (Lipinski definition) is 5. The third-order valence-electron chi connectivity index (χ3n) is 4.48. The summed E-state index contributed by atoms with van der Waals surface area (Å²) in [7, 11) is 0. The maximum atomic E-state index is 12.5. The number of alkyl halides is 1. The van der Waals surface area contributed by atoms with Crippen molar-refractivity contribution in [1.82, 2.24) is 19.7 Å². The van der Waals surface area contributed by atoms with E-state index >= 15 is 0 Å². The lowest BCUT2D eigenvalue weighted by molar-refractivity contribution is -0.115. The van der Waals surface area contributed by atoms with Gasteiger partial charge in [0.2, 0.25) is 11.9 Å². The van der Waals surface area contributed by atoms with E-state index in [0.717, 1.165) is 41.8 Å². The van der Waals surface area contributed by atoms with Crippen LogP contribution in [0.3, 0.4) is 0 Å². The van der Waals surface area contributed by atoms with Crippen molar-refractivity contribution in [3.05, 3.63) is 45.2 Å². The molecule has 0 spiro atoms. The van der Waals surface area contributed by atoms with E-state index in [1.807, 2.05) is 17.5 Å². The number of H-pyrrole nitrogens is 1. The lowest BCUT2D eigenvalue weighted by Gasteiger charge is -2.15. The first-order chi connectivity index (χ1) is 13.0. The molecule has 3 aromatic rings. The molecule has 0 radical (unpaired) electrons. The zero-order valence-electron chi connectivity index (χ0n) is 14.7. The molecule has 4 rings (SSSR count). The van der Waals surface area contributed by atoms with E-state index in [2.05, 4.69) is 20.4 Å². The van der Waals surface area contributed by atoms with E-state index in [4.69, 9.17) is 11.6 Å². The molecule has 0 aliphatic heterocycles. The predicted octanol–water partition coefficient (Wildman–Crippen LogP) is 3.13. The fourth-order valence-electron chi connectivity index (χ4n) is 3.09. The number of aromatic nitrogens is 4. The van der Waals surface area contributed by atoms with Crippen molar-refractivity contribution in [3.63, 3.8) is 0 Å². The van der Waals surface area contributed by atoms with Crippen LogP contribution in [0.4, 0.5) is 5.82 Å². The Morgan fingerprint density at radius 1 is 1.41 bits per heavy atom. The fourth-order valence-corrected chi connectivity index (χ4v) is 3.83. The molecule has 140 valence electrons. The lowest BCUT2D eigenvalue weighted by atomic mass is 9.97. The van der Waals surface area contributed by atoms with E-state index in [1.54, 1.807) is 13.0 Å². The van der Waals surface area contributed by atoms with Crippen LogP contribution < -0.4 is 10.9 Å². The average Bonchev–Trinajstić information content (AvgIpc) is 3.31. The number of carbonyl (C=O) groups is 1. The van der Waals surface area contributed by atoms with Gasteiger partial charge in [-0.05, 0) is 44.1 Å². The molecule has 0 bridgehead atoms. The first-order valence-electron chi connectivity index (χ1n) is 8.74. The molecule has 0 saturated carbocycles. The Bertz CT molecular complexity index is 1040. The highest BCUT2D eigenvalue weighted by Crippen LogP contribution is 2.28. The molecule has 0 saturated heterocycles. The molecule has 1 amide bonds. The zero-order chi connectivity index (χ0) is 19.0. The third kappa shape index (κ3) is 3.54. The van der Waals surface area contributed by atoms with E-state index in [0.29, 0.717) is 17.5 Å². The summed E-state index contributed by atoms with van der Waals surface area (Å²) < 4.78 is 1.46. The summed E-state index contributed by atoms with van der Waals surface area (Å²) in [5.41, 5.74) is 2.08. The van der Waals surface area contributed by atoms with Gasteiger partial charge in [-0.2, -0.15) is 9.78 Å². The van der Waals surface area contributed by atoms with Gasteiger partial charge in [0, 0.05) is 11.6 Å². The van der Waals surface area contributed by atoms with Crippen molar-refractivity contribution in [2.24, 2.45) is 0 Å². The second-order valence-corrected chi connectivity index (χ2v) is 8.03. The Hall–Kier alpha value is -2.45. The summed E-state index contributed by atoms with van der Waals surface area (Å²) in [4.78, 5) is 33.0. The van der Waals surface area contributed by atoms with Crippen LogP contribution in [0.1, 0.15) is 31.0 Å². The molecular weight excluding hydrogens is 386 g/mol. The van der Waals surface area contributed by atoms with Crippen molar-refractivity contribution >= 4 is 34.7 Å². The van der Waals surface area contributed by atoms with Crippen LogP contribution >= 0.6 is 22.9 Å². The number of thiophene rings is 1. The molecule has 9 heteroatoms. The zero-order valence-corrected chi connectivity index (χ0v) is 16.2. The van der Waals surface area contributed by atoms with Crippen LogP contribution in [-0.4, -0.2) is 31.0 Å². The number of hydrogen-bond donors (Lipinski definition) is 2. The van der Waals surface area contributed by atoms with Gasteiger partial charge >= 0.3 is 0 Å². The molecule has 1 aliphatic carbocycles. The summed E-state index contributed by atoms with van der Waals surface area (Å²) in [5, 5.41) is 8.58. The molecule has 1 aliphatic rings. The summed E-state index contributed by atoms with van der Waals surface area (Å²) in [6.07, 6.45) is 3.52. The van der Waals surface area contributed by atoms with Crippen LogP contribution in [0.2, 0.25) is 0 Å². The molecule has 7 nitrogen and oxygen atoms in total. The number of nitrogens with zero attached hydrogens (tertiary/aromatic N) is 3. The average molecular weight is 404 g/mol. The van der Waals surface area contributed by atoms with E-state index < -0.39 is 5.38 Å². The summed E-state index contributed by atoms with van der Waals surface area (Å²) in [5.74, 6) is 0.353. The van der Waals surface area contributed by atoms with Gasteiger partial charge in [-0.1, -0.05) is 6.07 Å². The summed E-state index contributed by atoms with van der Waals surface area (Å²) in [6, 6.07) is 5.62. The first-order valence-corrected chi connectivity index (χ1v) is 10.1. The van der Waals surface area contributed by atoms with Crippen molar-refractivity contribution in [2.75, 3.05) is 5.32 Å². The Labute approximate surface area is 164 Å². The third-order valence-corrected chi connectivity index (χ3v) is 5.57. The van der Waals surface area contributed by atoms with Gasteiger partial charge in [0.25, 0.3) is 5.56 Å². The SMILES string of the molecule is CC(Cl)C(=O)Nc1cc(-c2cccs2)nn1-c1nc2c(c(=O)[nH]1)CCCC2. The fraction of sp³-hybridized carbons (Fsp3) is 0.333. The molecule has 1 atom stereocenters. The second kappa shape index (κ2) is 7.28. The van der Waals surface area contributed by atoms with E-state index in [1.165, 1.54) is 16.0 Å². The maximum absolute atomic E-state index is 12.5. The minimum Gasteiger partial charge on any atom is -0.309 e. The van der Waals surface area contributed by atoms with Gasteiger partial charge in [0.15, 0.2) is 0 Å². The Morgan fingerprint density at radius 2 is 2.22 bits per heavy atom. The van der Waals surface area contributed by atoms with Gasteiger partial charge in [0.1, 0.15) is 16.9 Å². The number of anilines is 1. The number of amides is 1. The molecule has 0 fully saturated rings. The maximum Gasteiger partial charge on any atom is 0.255 e. The largest absolute Gasteiger partial charge is 0.309 e. The lowest BCUT2D eigenvalue weighted by Crippen LogP contribution is -2.26. The number of carbonyl (C=O) groups excluding carboxylic acids is 1. The van der Waals surface area contributed by atoms with Crippen molar-refractivity contribution in [2.45, 2.75) is 38.0 Å². The van der Waals surface area contributed by atoms with E-state index in [-0.39, 0.29) is 11.5 Å². The van der Waals surface area contributed by atoms with Crippen molar-refractivity contribution < 1.29 is 4.79 Å². The Kier molecular flexibility index (Phi) is 4.84. The highest BCUT2D eigenvalue weighted by Gasteiger charge is 2.21. The molecule has 27 heavy (non-hydrogen) atoms. The first kappa shape index (κ1) is 17.9. The highest BCUT2D eigenvalue weighted by atomic mass is 35.5. The van der Waals surface area contributed by atoms with Crippen LogP contribution in [0.5, 0.6) is 0 Å². The standard InChI is InChI=1S/C18H18ClN5O2S/c1-10(19)16(25)21-15-9-13(14-7-4-8-27-14)23-24(15)18-20-12-6-3-2-5-11(12)17(26)22-18/h4,7-10H,2-3,5-6H2,1H3,(H,21,25)(H,20,22,26). The van der Waals surface area contributed by atoms with Crippen LogP contribution in [0.25, 0.3) is 16.5 Å². The van der Waals surface area contributed by atoms with Gasteiger partial charge in [0.05, 0.1) is 10.6 Å². The van der Waals surface area contributed by atoms with E-state index in [9.17, 15) is 9.59 Å². The Morgan fingerprint density at radius 3 is 2.96 bits per heavy atom. The van der Waals surface area contributed by atoms with Crippen LogP contribution in [-0.2, 0) is 17.6 Å². The molecule has 3 aromatic heterocycles. The smallest absolute Gasteiger partial charge is 0.255 e. The molecule has 3 heterocycles. The van der Waals surface area contributed by atoms with Gasteiger partial charge in [-0.15, -0.1) is 22.9 Å². The summed E-state index contributed by atoms with van der Waals surface area (Å²) in [6.45, 7) is 1.59. The van der Waals surface area contributed by atoms with Gasteiger partial charge < -0.3 is 5.32 Å². The molecule has 2 N–H and O–H groups in total. The minimum absolute atomic E-state index is 0.147. The monoisotopic (exact) mass is 403 g/mol. The quantitative estimate of drug-likeness (QED) is 0.654. The number of aromatic amines is 1. The number of nitrogens with one attached hydrogen (secondary N) is 2. The van der Waals surface area contributed by atoms with Crippen LogP contribution in [0, 0.1) is 0 Å². The molecule has 1 unspecified atom stereocenters. The topological polar surface area (TPSA) is 92.7 Å². The highest BCUT2D eigenvalue weighted by molar-refractivity contribution is 7.13. The number of rotatable bonds is 4. The second-order valence-electron chi connectivity index (χ2n) is 6.43. The predicted molar refractivity (Wildman–Crippen MR) is 106 cm³/mol. The normalized spacial score (nSPS) is 14.6. The summed E-state index contributed by atoms with van der Waals surface area (Å²) >= 11 is 7.43. The van der Waals surface area contributed by atoms with Crippen LogP contribution in [0.15, 0.2) is 28.4 Å². The number of halogens is 1. The molecule has 0 aromatic carbocycles. The Balaban J connectivity index is 1.82. The minimum atomic E-state index is -0.700. The van der Waals surface area contributed by atoms with Gasteiger partial charge in [-0.25, -0.2) is 4.98 Å². The van der Waals surface area contributed by atoms with Crippen molar-refractivity contribution in [1.29, 1.82) is 0 Å². The van der Waals surface area contributed by atoms with Gasteiger partial charge in [-0.3, -0.25) is 14.6 Å². The number of fused-ring (bicyclic) bond motifs is 1. The van der Waals surface area contributed by atoms with Crippen molar-refractivity contribution in [3.8, 4) is 16.5 Å². The molecular formula is C18H18ClN5O2S. The number of aryl methyl sites for hydroxylation is 1.